The van der Waals surface area contributed by atoms with Crippen LogP contribution in [-0.4, -0.2) is 40.4 Å². The molecule has 0 bridgehead atoms. The number of hydrogen-bond donors (Lipinski definition) is 1. The zero-order chi connectivity index (χ0) is 18.0. The van der Waals surface area contributed by atoms with E-state index < -0.39 is 11.8 Å². The summed E-state index contributed by atoms with van der Waals surface area (Å²) in [6.07, 6.45) is 0. The summed E-state index contributed by atoms with van der Waals surface area (Å²) in [4.78, 5) is 29.2. The van der Waals surface area contributed by atoms with Gasteiger partial charge in [0.1, 0.15) is 16.6 Å². The SMILES string of the molecule is Cc1cc(NC(=O)CN(C)C(=O)c2nc(Cl)c(Cl)c(Cl)c2Cl)no1. The molecule has 0 aromatic carbocycles. The molecule has 0 fully saturated rings. The minimum Gasteiger partial charge on any atom is -0.360 e. The van der Waals surface area contributed by atoms with E-state index in [-0.39, 0.29) is 38.3 Å². The van der Waals surface area contributed by atoms with Crippen LogP contribution in [-0.2, 0) is 4.79 Å². The predicted molar refractivity (Wildman–Crippen MR) is 91.1 cm³/mol. The van der Waals surface area contributed by atoms with Crippen molar-refractivity contribution in [2.75, 3.05) is 18.9 Å². The molecule has 0 aliphatic carbocycles. The van der Waals surface area contributed by atoms with Crippen LogP contribution in [0.1, 0.15) is 16.2 Å². The van der Waals surface area contributed by atoms with Crippen molar-refractivity contribution in [3.63, 3.8) is 0 Å². The molecule has 0 atom stereocenters. The van der Waals surface area contributed by atoms with Crippen LogP contribution in [0, 0.1) is 6.92 Å². The number of carbonyl (C=O) groups excluding carboxylic acids is 2. The Balaban J connectivity index is 2.11. The second kappa shape index (κ2) is 7.57. The first-order chi connectivity index (χ1) is 11.2. The molecule has 2 rings (SSSR count). The van der Waals surface area contributed by atoms with E-state index >= 15 is 0 Å². The van der Waals surface area contributed by atoms with Gasteiger partial charge < -0.3 is 14.7 Å². The van der Waals surface area contributed by atoms with E-state index in [9.17, 15) is 9.59 Å². The second-order valence-electron chi connectivity index (χ2n) is 4.73. The highest BCUT2D eigenvalue weighted by atomic mass is 35.5. The van der Waals surface area contributed by atoms with Crippen LogP contribution in [0.4, 0.5) is 5.82 Å². The summed E-state index contributed by atoms with van der Waals surface area (Å²) in [6, 6.07) is 1.54. The fourth-order valence-corrected chi connectivity index (χ4v) is 2.51. The van der Waals surface area contributed by atoms with Gasteiger partial charge in [-0.05, 0) is 6.92 Å². The topological polar surface area (TPSA) is 88.3 Å². The molecule has 1 N–H and O–H groups in total. The number of aryl methyl sites for hydroxylation is 1. The highest BCUT2D eigenvalue weighted by Crippen LogP contribution is 2.36. The molecule has 2 heterocycles. The number of likely N-dealkylation sites (N-methyl/N-ethyl adjacent to an activating group) is 1. The number of anilines is 1. The number of nitrogens with zero attached hydrogens (tertiary/aromatic N) is 3. The Kier molecular flexibility index (Phi) is 5.92. The molecule has 0 radical (unpaired) electrons. The lowest BCUT2D eigenvalue weighted by Crippen LogP contribution is -2.35. The van der Waals surface area contributed by atoms with Crippen molar-refractivity contribution in [3.8, 4) is 0 Å². The fraction of sp³-hybridized carbons (Fsp3) is 0.231. The highest BCUT2D eigenvalue weighted by molar-refractivity contribution is 6.52. The molecule has 7 nitrogen and oxygen atoms in total. The minimum atomic E-state index is -0.646. The lowest BCUT2D eigenvalue weighted by atomic mass is 10.3. The Labute approximate surface area is 156 Å². The van der Waals surface area contributed by atoms with Crippen LogP contribution >= 0.6 is 46.4 Å². The summed E-state index contributed by atoms with van der Waals surface area (Å²) < 4.78 is 4.83. The van der Waals surface area contributed by atoms with Gasteiger partial charge in [-0.25, -0.2) is 4.98 Å². The molecule has 0 aliphatic rings. The lowest BCUT2D eigenvalue weighted by Gasteiger charge is -2.17. The van der Waals surface area contributed by atoms with E-state index in [0.717, 1.165) is 4.90 Å². The first-order valence-electron chi connectivity index (χ1n) is 6.39. The summed E-state index contributed by atoms with van der Waals surface area (Å²) in [6.45, 7) is 1.40. The number of aromatic nitrogens is 2. The van der Waals surface area contributed by atoms with Gasteiger partial charge in [-0.15, -0.1) is 0 Å². The van der Waals surface area contributed by atoms with Crippen molar-refractivity contribution in [1.29, 1.82) is 0 Å². The third-order valence-electron chi connectivity index (χ3n) is 2.81. The van der Waals surface area contributed by atoms with Gasteiger partial charge in [0.2, 0.25) is 5.91 Å². The maximum Gasteiger partial charge on any atom is 0.274 e. The normalized spacial score (nSPS) is 10.6. The zero-order valence-corrected chi connectivity index (χ0v) is 15.4. The number of rotatable bonds is 4. The summed E-state index contributed by atoms with van der Waals surface area (Å²) in [5.74, 6) is -0.350. The van der Waals surface area contributed by atoms with Crippen molar-refractivity contribution in [2.24, 2.45) is 0 Å². The minimum absolute atomic E-state index is 0.0540. The van der Waals surface area contributed by atoms with E-state index in [0.29, 0.717) is 5.76 Å². The van der Waals surface area contributed by atoms with Gasteiger partial charge in [0.25, 0.3) is 5.91 Å². The third kappa shape index (κ3) is 4.10. The average molecular weight is 412 g/mol. The van der Waals surface area contributed by atoms with Crippen LogP contribution in [0.25, 0.3) is 0 Å². The largest absolute Gasteiger partial charge is 0.360 e. The van der Waals surface area contributed by atoms with Crippen molar-refractivity contribution in [1.82, 2.24) is 15.0 Å². The lowest BCUT2D eigenvalue weighted by molar-refractivity contribution is -0.116. The Hall–Kier alpha value is -1.54. The van der Waals surface area contributed by atoms with Crippen LogP contribution < -0.4 is 5.32 Å². The number of hydrogen-bond acceptors (Lipinski definition) is 5. The molecule has 128 valence electrons. The Morgan fingerprint density at radius 1 is 1.21 bits per heavy atom. The monoisotopic (exact) mass is 410 g/mol. The molecular weight excluding hydrogens is 402 g/mol. The van der Waals surface area contributed by atoms with Gasteiger partial charge in [-0.2, -0.15) is 0 Å². The number of carbonyl (C=O) groups is 2. The first kappa shape index (κ1) is 18.8. The smallest absolute Gasteiger partial charge is 0.274 e. The van der Waals surface area contributed by atoms with E-state index in [1.54, 1.807) is 6.92 Å². The molecule has 0 saturated heterocycles. The first-order valence-corrected chi connectivity index (χ1v) is 7.90. The standard InChI is InChI=1S/C13H10Cl4N4O3/c1-5-3-6(20-24-5)18-7(22)4-21(2)13(23)11-9(15)8(14)10(16)12(17)19-11/h3H,4H2,1-2H3,(H,18,20,22). The summed E-state index contributed by atoms with van der Waals surface area (Å²) in [5, 5.41) is 5.66. The van der Waals surface area contributed by atoms with Gasteiger partial charge in [0.15, 0.2) is 5.82 Å². The maximum atomic E-state index is 12.4. The average Bonchev–Trinajstić information content (AvgIpc) is 2.92. The summed E-state index contributed by atoms with van der Waals surface area (Å²) in [7, 11) is 1.39. The van der Waals surface area contributed by atoms with Crippen molar-refractivity contribution >= 4 is 64.0 Å². The Bertz CT molecular complexity index is 809. The van der Waals surface area contributed by atoms with Gasteiger partial charge in [0.05, 0.1) is 21.6 Å². The molecule has 24 heavy (non-hydrogen) atoms. The number of halogens is 4. The number of nitrogens with one attached hydrogen (secondary N) is 1. The van der Waals surface area contributed by atoms with E-state index in [1.807, 2.05) is 0 Å². The molecule has 11 heteroatoms. The number of pyridine rings is 1. The van der Waals surface area contributed by atoms with Crippen LogP contribution in [0.15, 0.2) is 10.6 Å². The van der Waals surface area contributed by atoms with E-state index in [1.165, 1.54) is 13.1 Å². The molecule has 2 aromatic rings. The molecule has 2 amide bonds. The third-order valence-corrected chi connectivity index (χ3v) is 4.49. The van der Waals surface area contributed by atoms with Gasteiger partial charge in [0, 0.05) is 13.1 Å². The van der Waals surface area contributed by atoms with Gasteiger partial charge >= 0.3 is 0 Å². The quantitative estimate of drug-likeness (QED) is 0.774. The molecule has 2 aromatic heterocycles. The molecular formula is C13H10Cl4N4O3. The van der Waals surface area contributed by atoms with E-state index in [4.69, 9.17) is 50.9 Å². The predicted octanol–water partition coefficient (Wildman–Crippen LogP) is 3.70. The van der Waals surface area contributed by atoms with Crippen molar-refractivity contribution in [2.45, 2.75) is 6.92 Å². The summed E-state index contributed by atoms with van der Waals surface area (Å²) >= 11 is 23.5. The highest BCUT2D eigenvalue weighted by Gasteiger charge is 2.24. The van der Waals surface area contributed by atoms with Crippen LogP contribution in [0.2, 0.25) is 20.2 Å². The molecule has 0 unspecified atom stereocenters. The Morgan fingerprint density at radius 2 is 1.88 bits per heavy atom. The van der Waals surface area contributed by atoms with Gasteiger partial charge in [-0.1, -0.05) is 51.6 Å². The van der Waals surface area contributed by atoms with Gasteiger partial charge in [-0.3, -0.25) is 9.59 Å². The van der Waals surface area contributed by atoms with E-state index in [2.05, 4.69) is 15.5 Å². The van der Waals surface area contributed by atoms with Crippen LogP contribution in [0.3, 0.4) is 0 Å². The maximum absolute atomic E-state index is 12.4. The number of amides is 2. The fourth-order valence-electron chi connectivity index (χ4n) is 1.70. The Morgan fingerprint density at radius 3 is 2.46 bits per heavy atom. The molecule has 0 spiro atoms. The van der Waals surface area contributed by atoms with Crippen molar-refractivity contribution < 1.29 is 14.1 Å². The second-order valence-corrected chi connectivity index (χ2v) is 6.22. The van der Waals surface area contributed by atoms with Crippen molar-refractivity contribution in [3.05, 3.63) is 37.7 Å². The molecule has 0 aliphatic heterocycles. The van der Waals surface area contributed by atoms with Crippen LogP contribution in [0.5, 0.6) is 0 Å². The molecule has 0 saturated carbocycles. The zero-order valence-electron chi connectivity index (χ0n) is 12.4. The summed E-state index contributed by atoms with van der Waals surface area (Å²) in [5.41, 5.74) is -0.205.